The topological polar surface area (TPSA) is 38.7 Å². The molecule has 2 rings (SSSR count). The highest BCUT2D eigenvalue weighted by atomic mass is 16.7. The van der Waals surface area contributed by atoms with E-state index in [-0.39, 0.29) is 18.8 Å². The Morgan fingerprint density at radius 3 is 2.41 bits per heavy atom. The van der Waals surface area contributed by atoms with Gasteiger partial charge in [-0.25, -0.2) is 0 Å². The zero-order valence-electron chi connectivity index (χ0n) is 10.4. The highest BCUT2D eigenvalue weighted by Gasteiger charge is 2.40. The SMILES string of the molecule is CC1(C)OC(CCO)C(Cc2ccccc2)O1. The Balaban J connectivity index is 2.03. The van der Waals surface area contributed by atoms with Crippen molar-refractivity contribution in [2.75, 3.05) is 6.61 Å². The van der Waals surface area contributed by atoms with Crippen LogP contribution in [0, 0.1) is 0 Å². The number of rotatable bonds is 4. The Morgan fingerprint density at radius 2 is 1.76 bits per heavy atom. The van der Waals surface area contributed by atoms with Crippen molar-refractivity contribution in [1.29, 1.82) is 0 Å². The van der Waals surface area contributed by atoms with E-state index in [2.05, 4.69) is 12.1 Å². The second kappa shape index (κ2) is 5.17. The minimum Gasteiger partial charge on any atom is -0.396 e. The molecule has 1 saturated heterocycles. The molecule has 1 aliphatic heterocycles. The van der Waals surface area contributed by atoms with E-state index in [1.54, 1.807) is 0 Å². The van der Waals surface area contributed by atoms with Crippen LogP contribution in [0.2, 0.25) is 0 Å². The van der Waals surface area contributed by atoms with Gasteiger partial charge in [0.15, 0.2) is 5.79 Å². The molecule has 1 heterocycles. The number of ether oxygens (including phenoxy) is 2. The zero-order chi connectivity index (χ0) is 12.3. The van der Waals surface area contributed by atoms with E-state index in [9.17, 15) is 0 Å². The fraction of sp³-hybridized carbons (Fsp3) is 0.571. The van der Waals surface area contributed by atoms with E-state index in [1.807, 2.05) is 32.0 Å². The molecule has 0 aliphatic carbocycles. The van der Waals surface area contributed by atoms with Gasteiger partial charge in [0.05, 0.1) is 12.2 Å². The van der Waals surface area contributed by atoms with Gasteiger partial charge < -0.3 is 14.6 Å². The molecule has 0 bridgehead atoms. The van der Waals surface area contributed by atoms with E-state index in [1.165, 1.54) is 5.56 Å². The predicted octanol–water partition coefficient (Wildman–Crippen LogP) is 2.13. The van der Waals surface area contributed by atoms with Gasteiger partial charge in [0.2, 0.25) is 0 Å². The maximum absolute atomic E-state index is 9.05. The van der Waals surface area contributed by atoms with Gasteiger partial charge in [-0.05, 0) is 25.8 Å². The van der Waals surface area contributed by atoms with Gasteiger partial charge >= 0.3 is 0 Å². The molecule has 94 valence electrons. The van der Waals surface area contributed by atoms with Crippen LogP contribution >= 0.6 is 0 Å². The van der Waals surface area contributed by atoms with E-state index in [4.69, 9.17) is 14.6 Å². The molecule has 1 aliphatic rings. The van der Waals surface area contributed by atoms with Crippen molar-refractivity contribution in [2.45, 2.75) is 44.7 Å². The molecule has 0 spiro atoms. The first kappa shape index (κ1) is 12.6. The largest absolute Gasteiger partial charge is 0.396 e. The van der Waals surface area contributed by atoms with Crippen LogP contribution in [-0.2, 0) is 15.9 Å². The summed E-state index contributed by atoms with van der Waals surface area (Å²) in [6.07, 6.45) is 1.46. The van der Waals surface area contributed by atoms with E-state index in [0.29, 0.717) is 6.42 Å². The lowest BCUT2D eigenvalue weighted by molar-refractivity contribution is -0.147. The van der Waals surface area contributed by atoms with Crippen LogP contribution in [0.4, 0.5) is 0 Å². The van der Waals surface area contributed by atoms with Gasteiger partial charge in [0.1, 0.15) is 0 Å². The molecule has 1 aromatic rings. The fourth-order valence-electron chi connectivity index (χ4n) is 2.30. The molecule has 1 aromatic carbocycles. The van der Waals surface area contributed by atoms with Gasteiger partial charge in [0, 0.05) is 13.0 Å². The number of aliphatic hydroxyl groups is 1. The average molecular weight is 236 g/mol. The summed E-state index contributed by atoms with van der Waals surface area (Å²) in [4.78, 5) is 0. The second-order valence-corrected chi connectivity index (χ2v) is 4.91. The van der Waals surface area contributed by atoms with Crippen LogP contribution in [0.25, 0.3) is 0 Å². The fourth-order valence-corrected chi connectivity index (χ4v) is 2.30. The molecule has 0 saturated carbocycles. The molecule has 3 nitrogen and oxygen atoms in total. The minimum absolute atomic E-state index is 0.0183. The molecular formula is C14H20O3. The van der Waals surface area contributed by atoms with Gasteiger partial charge in [-0.3, -0.25) is 0 Å². The molecule has 0 radical (unpaired) electrons. The number of hydrogen-bond donors (Lipinski definition) is 1. The van der Waals surface area contributed by atoms with Crippen molar-refractivity contribution in [3.63, 3.8) is 0 Å². The third-order valence-electron chi connectivity index (χ3n) is 2.98. The van der Waals surface area contributed by atoms with Crippen molar-refractivity contribution in [2.24, 2.45) is 0 Å². The van der Waals surface area contributed by atoms with Crippen LogP contribution in [0.15, 0.2) is 30.3 Å². The van der Waals surface area contributed by atoms with Crippen LogP contribution in [0.1, 0.15) is 25.8 Å². The van der Waals surface area contributed by atoms with Crippen LogP contribution in [0.3, 0.4) is 0 Å². The normalized spacial score (nSPS) is 27.2. The van der Waals surface area contributed by atoms with Gasteiger partial charge in [-0.1, -0.05) is 30.3 Å². The van der Waals surface area contributed by atoms with Crippen LogP contribution < -0.4 is 0 Å². The molecule has 2 atom stereocenters. The number of benzene rings is 1. The lowest BCUT2D eigenvalue weighted by Gasteiger charge is -2.16. The zero-order valence-corrected chi connectivity index (χ0v) is 10.4. The van der Waals surface area contributed by atoms with Crippen molar-refractivity contribution < 1.29 is 14.6 Å². The summed E-state index contributed by atoms with van der Waals surface area (Å²) in [5.41, 5.74) is 1.24. The molecule has 17 heavy (non-hydrogen) atoms. The molecule has 0 amide bonds. The summed E-state index contributed by atoms with van der Waals surface area (Å²) in [5, 5.41) is 9.05. The maximum Gasteiger partial charge on any atom is 0.163 e. The first-order chi connectivity index (χ1) is 8.11. The van der Waals surface area contributed by atoms with E-state index in [0.717, 1.165) is 6.42 Å². The third kappa shape index (κ3) is 3.28. The first-order valence-corrected chi connectivity index (χ1v) is 6.11. The monoisotopic (exact) mass is 236 g/mol. The summed E-state index contributed by atoms with van der Waals surface area (Å²) >= 11 is 0. The Bertz CT molecular complexity index is 348. The predicted molar refractivity (Wildman–Crippen MR) is 65.7 cm³/mol. The summed E-state index contributed by atoms with van der Waals surface area (Å²) in [7, 11) is 0. The third-order valence-corrected chi connectivity index (χ3v) is 2.98. The first-order valence-electron chi connectivity index (χ1n) is 6.11. The number of hydrogen-bond acceptors (Lipinski definition) is 3. The average Bonchev–Trinajstić information content (AvgIpc) is 2.55. The van der Waals surface area contributed by atoms with E-state index < -0.39 is 5.79 Å². The number of aliphatic hydroxyl groups excluding tert-OH is 1. The summed E-state index contributed by atoms with van der Waals surface area (Å²) in [6.45, 7) is 3.97. The standard InChI is InChI=1S/C14H20O3/c1-14(2)16-12(8-9-15)13(17-14)10-11-6-4-3-5-7-11/h3-7,12-13,15H,8-10H2,1-2H3. The molecule has 0 aromatic heterocycles. The van der Waals surface area contributed by atoms with Crippen molar-refractivity contribution in [3.05, 3.63) is 35.9 Å². The molecule has 2 unspecified atom stereocenters. The molecule has 1 N–H and O–H groups in total. The lowest BCUT2D eigenvalue weighted by atomic mass is 10.0. The lowest BCUT2D eigenvalue weighted by Crippen LogP contribution is -2.25. The summed E-state index contributed by atoms with van der Waals surface area (Å²) in [6, 6.07) is 10.2. The van der Waals surface area contributed by atoms with Gasteiger partial charge in [-0.15, -0.1) is 0 Å². The van der Waals surface area contributed by atoms with Crippen LogP contribution in [-0.4, -0.2) is 29.7 Å². The summed E-state index contributed by atoms with van der Waals surface area (Å²) in [5.74, 6) is -0.542. The minimum atomic E-state index is -0.542. The van der Waals surface area contributed by atoms with Gasteiger partial charge in [0.25, 0.3) is 0 Å². The maximum atomic E-state index is 9.05. The smallest absolute Gasteiger partial charge is 0.163 e. The van der Waals surface area contributed by atoms with Crippen molar-refractivity contribution in [1.82, 2.24) is 0 Å². The van der Waals surface area contributed by atoms with E-state index >= 15 is 0 Å². The Kier molecular flexibility index (Phi) is 3.82. The molecule has 3 heteroatoms. The molecular weight excluding hydrogens is 216 g/mol. The second-order valence-electron chi connectivity index (χ2n) is 4.91. The Hall–Kier alpha value is -0.900. The highest BCUT2D eigenvalue weighted by molar-refractivity contribution is 5.16. The van der Waals surface area contributed by atoms with Crippen LogP contribution in [0.5, 0.6) is 0 Å². The molecule has 1 fully saturated rings. The quantitative estimate of drug-likeness (QED) is 0.870. The van der Waals surface area contributed by atoms with Crippen molar-refractivity contribution in [3.8, 4) is 0 Å². The Labute approximate surface area is 102 Å². The van der Waals surface area contributed by atoms with Crippen molar-refractivity contribution >= 4 is 0 Å². The summed E-state index contributed by atoms with van der Waals surface area (Å²) < 4.78 is 11.7. The van der Waals surface area contributed by atoms with Gasteiger partial charge in [-0.2, -0.15) is 0 Å². The highest BCUT2D eigenvalue weighted by Crippen LogP contribution is 2.31. The Morgan fingerprint density at radius 1 is 1.12 bits per heavy atom.